The minimum absolute atomic E-state index is 0.0750. The van der Waals surface area contributed by atoms with Crippen molar-refractivity contribution in [3.63, 3.8) is 0 Å². The first-order valence-corrected chi connectivity index (χ1v) is 8.67. The number of hydrogen-bond donors (Lipinski definition) is 2. The highest BCUT2D eigenvalue weighted by molar-refractivity contribution is 6.30. The second-order valence-corrected chi connectivity index (χ2v) is 6.54. The van der Waals surface area contributed by atoms with Crippen LogP contribution in [0.4, 0.5) is 0 Å². The van der Waals surface area contributed by atoms with Gasteiger partial charge in [-0.2, -0.15) is 0 Å². The van der Waals surface area contributed by atoms with Gasteiger partial charge in [-0.1, -0.05) is 49.7 Å². The van der Waals surface area contributed by atoms with Crippen LogP contribution in [0.1, 0.15) is 48.2 Å². The molecule has 0 aliphatic carbocycles. The van der Waals surface area contributed by atoms with Crippen molar-refractivity contribution < 1.29 is 9.90 Å². The zero-order valence-electron chi connectivity index (χ0n) is 14.2. The summed E-state index contributed by atoms with van der Waals surface area (Å²) < 4.78 is 0. The molecule has 0 bridgehead atoms. The third-order valence-electron chi connectivity index (χ3n) is 4.80. The molecule has 0 aliphatic rings. The number of carbonyl (C=O) groups is 1. The first-order valence-electron chi connectivity index (χ1n) is 8.29. The summed E-state index contributed by atoms with van der Waals surface area (Å²) in [5.74, 6) is -0.895. The topological polar surface area (TPSA) is 49.3 Å². The molecule has 0 aliphatic heterocycles. The first-order chi connectivity index (χ1) is 11.5. The molecule has 128 valence electrons. The second kappa shape index (κ2) is 8.32. The van der Waals surface area contributed by atoms with E-state index in [1.807, 2.05) is 24.3 Å². The lowest BCUT2D eigenvalue weighted by Gasteiger charge is -2.33. The number of carboxylic acids is 1. The van der Waals surface area contributed by atoms with Crippen LogP contribution in [-0.2, 0) is 12.0 Å². The molecule has 2 rings (SSSR count). The summed E-state index contributed by atoms with van der Waals surface area (Å²) in [7, 11) is 0. The Morgan fingerprint density at radius 1 is 1.04 bits per heavy atom. The van der Waals surface area contributed by atoms with Gasteiger partial charge in [-0.3, -0.25) is 0 Å². The average Bonchev–Trinajstić information content (AvgIpc) is 2.60. The summed E-state index contributed by atoms with van der Waals surface area (Å²) in [5.41, 5.74) is 2.77. The van der Waals surface area contributed by atoms with Gasteiger partial charge in [-0.05, 0) is 48.2 Å². The van der Waals surface area contributed by atoms with Gasteiger partial charge < -0.3 is 10.4 Å². The Kier molecular flexibility index (Phi) is 6.41. The number of halogens is 1. The van der Waals surface area contributed by atoms with E-state index >= 15 is 0 Å². The average molecular weight is 346 g/mol. The molecule has 2 aromatic rings. The van der Waals surface area contributed by atoms with Gasteiger partial charge in [0.05, 0.1) is 5.56 Å². The lowest BCUT2D eigenvalue weighted by atomic mass is 9.76. The molecule has 2 N–H and O–H groups in total. The number of aromatic carboxylic acids is 1. The van der Waals surface area contributed by atoms with E-state index in [0.29, 0.717) is 5.56 Å². The Morgan fingerprint density at radius 3 is 2.12 bits per heavy atom. The number of rotatable bonds is 8. The summed E-state index contributed by atoms with van der Waals surface area (Å²) in [5, 5.41) is 13.2. The summed E-state index contributed by atoms with van der Waals surface area (Å²) in [6.45, 7) is 6.00. The van der Waals surface area contributed by atoms with Crippen molar-refractivity contribution in [1.29, 1.82) is 0 Å². The first kappa shape index (κ1) is 18.5. The summed E-state index contributed by atoms with van der Waals surface area (Å²) in [6.07, 6.45) is 2.08. The highest BCUT2D eigenvalue weighted by atomic mass is 35.5. The van der Waals surface area contributed by atoms with Gasteiger partial charge in [0.1, 0.15) is 0 Å². The van der Waals surface area contributed by atoms with Gasteiger partial charge >= 0.3 is 5.97 Å². The largest absolute Gasteiger partial charge is 0.478 e. The summed E-state index contributed by atoms with van der Waals surface area (Å²) >= 11 is 6.01. The van der Waals surface area contributed by atoms with Crippen molar-refractivity contribution in [2.24, 2.45) is 0 Å². The fourth-order valence-corrected chi connectivity index (χ4v) is 3.15. The molecule has 24 heavy (non-hydrogen) atoms. The maximum Gasteiger partial charge on any atom is 0.335 e. The van der Waals surface area contributed by atoms with Crippen molar-refractivity contribution in [2.75, 3.05) is 6.54 Å². The van der Waals surface area contributed by atoms with Gasteiger partial charge in [0.25, 0.3) is 0 Å². The molecule has 0 aromatic heterocycles. The molecule has 0 saturated carbocycles. The molecule has 0 unspecified atom stereocenters. The quantitative estimate of drug-likeness (QED) is 0.716. The van der Waals surface area contributed by atoms with Gasteiger partial charge in [0.2, 0.25) is 0 Å². The van der Waals surface area contributed by atoms with Crippen molar-refractivity contribution in [1.82, 2.24) is 5.32 Å². The molecular formula is C20H24ClNO2. The molecule has 0 heterocycles. The van der Waals surface area contributed by atoms with E-state index < -0.39 is 5.97 Å². The molecule has 4 heteroatoms. The molecule has 0 atom stereocenters. The van der Waals surface area contributed by atoms with Crippen LogP contribution in [0.15, 0.2) is 48.5 Å². The molecule has 0 radical (unpaired) electrons. The van der Waals surface area contributed by atoms with Crippen LogP contribution >= 0.6 is 11.6 Å². The Morgan fingerprint density at radius 2 is 1.62 bits per heavy atom. The number of benzene rings is 2. The molecule has 0 amide bonds. The van der Waals surface area contributed by atoms with E-state index in [-0.39, 0.29) is 5.41 Å². The Labute approximate surface area is 148 Å². The highest BCUT2D eigenvalue weighted by Gasteiger charge is 2.27. The minimum atomic E-state index is -0.895. The van der Waals surface area contributed by atoms with Crippen molar-refractivity contribution in [3.8, 4) is 0 Å². The second-order valence-electron chi connectivity index (χ2n) is 6.10. The van der Waals surface area contributed by atoms with Crippen LogP contribution in [-0.4, -0.2) is 17.6 Å². The van der Waals surface area contributed by atoms with Gasteiger partial charge in [-0.25, -0.2) is 4.79 Å². The molecule has 0 saturated heterocycles. The van der Waals surface area contributed by atoms with Gasteiger partial charge in [-0.15, -0.1) is 0 Å². The zero-order chi connectivity index (χ0) is 17.6. The smallest absolute Gasteiger partial charge is 0.335 e. The van der Waals surface area contributed by atoms with Gasteiger partial charge in [0, 0.05) is 23.5 Å². The maximum atomic E-state index is 10.9. The summed E-state index contributed by atoms with van der Waals surface area (Å²) in [4.78, 5) is 10.9. The van der Waals surface area contributed by atoms with Gasteiger partial charge in [0.15, 0.2) is 0 Å². The normalized spacial score (nSPS) is 11.5. The fourth-order valence-electron chi connectivity index (χ4n) is 3.03. The van der Waals surface area contributed by atoms with Crippen LogP contribution in [0.2, 0.25) is 5.02 Å². The maximum absolute atomic E-state index is 10.9. The Balaban J connectivity index is 2.03. The molecular weight excluding hydrogens is 322 g/mol. The predicted molar refractivity (Wildman–Crippen MR) is 98.8 cm³/mol. The Bertz CT molecular complexity index is 661. The Hall–Kier alpha value is -1.84. The van der Waals surface area contributed by atoms with Crippen LogP contribution in [0, 0.1) is 0 Å². The number of hydrogen-bond acceptors (Lipinski definition) is 2. The summed E-state index contributed by atoms with van der Waals surface area (Å²) in [6, 6.07) is 15.1. The molecule has 3 nitrogen and oxygen atoms in total. The molecule has 2 aromatic carbocycles. The van der Waals surface area contributed by atoms with E-state index in [4.69, 9.17) is 16.7 Å². The lowest BCUT2D eigenvalue weighted by molar-refractivity contribution is 0.0697. The molecule has 0 spiro atoms. The number of nitrogens with one attached hydrogen (secondary N) is 1. The van der Waals surface area contributed by atoms with Crippen LogP contribution < -0.4 is 5.32 Å². The van der Waals surface area contributed by atoms with Crippen LogP contribution in [0.5, 0.6) is 0 Å². The fraction of sp³-hybridized carbons (Fsp3) is 0.350. The van der Waals surface area contributed by atoms with Crippen molar-refractivity contribution in [2.45, 2.75) is 38.6 Å². The van der Waals surface area contributed by atoms with Crippen molar-refractivity contribution >= 4 is 17.6 Å². The number of carboxylic acid groups (broad SMARTS) is 1. The van der Waals surface area contributed by atoms with E-state index in [1.165, 1.54) is 5.56 Å². The van der Waals surface area contributed by atoms with E-state index in [0.717, 1.165) is 36.5 Å². The van der Waals surface area contributed by atoms with Crippen LogP contribution in [0.25, 0.3) is 0 Å². The minimum Gasteiger partial charge on any atom is -0.478 e. The van der Waals surface area contributed by atoms with Crippen molar-refractivity contribution in [3.05, 3.63) is 70.2 Å². The third-order valence-corrected chi connectivity index (χ3v) is 5.06. The predicted octanol–water partition coefficient (Wildman–Crippen LogP) is 4.89. The highest BCUT2D eigenvalue weighted by Crippen LogP contribution is 2.32. The standard InChI is InChI=1S/C20H24ClNO2/c1-3-20(4-2,17-9-11-18(21)12-10-17)14-22-13-15-5-7-16(8-6-15)19(23)24/h5-12,22H,3-4,13-14H2,1-2H3,(H,23,24). The van der Waals surface area contributed by atoms with E-state index in [2.05, 4.69) is 31.3 Å². The lowest BCUT2D eigenvalue weighted by Crippen LogP contribution is -2.37. The third kappa shape index (κ3) is 4.37. The molecule has 0 fully saturated rings. The van der Waals surface area contributed by atoms with Crippen LogP contribution in [0.3, 0.4) is 0 Å². The van der Waals surface area contributed by atoms with E-state index in [9.17, 15) is 4.79 Å². The zero-order valence-corrected chi connectivity index (χ0v) is 14.9. The monoisotopic (exact) mass is 345 g/mol. The SMILES string of the molecule is CCC(CC)(CNCc1ccc(C(=O)O)cc1)c1ccc(Cl)cc1. The van der Waals surface area contributed by atoms with E-state index in [1.54, 1.807) is 12.1 Å².